The van der Waals surface area contributed by atoms with Crippen LogP contribution in [0.25, 0.3) is 17.4 Å². The monoisotopic (exact) mass is 405 g/mol. The minimum Gasteiger partial charge on any atom is -0.497 e. The SMILES string of the molecule is CCc1cc(=O)[nH]c(-n2nc(-c3ccco3)cc2NC(=O)c2ccc(OC)cc2)n1. The molecular formula is C21H19N5O4. The largest absolute Gasteiger partial charge is 0.497 e. The number of ether oxygens (including phenoxy) is 1. The number of carbonyl (C=O) groups excluding carboxylic acids is 1. The first-order valence-electron chi connectivity index (χ1n) is 9.27. The van der Waals surface area contributed by atoms with Crippen LogP contribution in [0.1, 0.15) is 23.0 Å². The van der Waals surface area contributed by atoms with Crippen LogP contribution in [0.3, 0.4) is 0 Å². The zero-order valence-corrected chi connectivity index (χ0v) is 16.4. The van der Waals surface area contributed by atoms with Crippen molar-refractivity contribution in [2.75, 3.05) is 12.4 Å². The van der Waals surface area contributed by atoms with E-state index < -0.39 is 0 Å². The van der Waals surface area contributed by atoms with Crippen LogP contribution >= 0.6 is 0 Å². The molecule has 3 heterocycles. The number of rotatable bonds is 6. The molecule has 0 atom stereocenters. The van der Waals surface area contributed by atoms with Gasteiger partial charge in [-0.2, -0.15) is 9.78 Å². The molecule has 0 saturated carbocycles. The van der Waals surface area contributed by atoms with Crippen LogP contribution in [0, 0.1) is 0 Å². The molecule has 30 heavy (non-hydrogen) atoms. The van der Waals surface area contributed by atoms with Gasteiger partial charge in [0.15, 0.2) is 5.76 Å². The summed E-state index contributed by atoms with van der Waals surface area (Å²) in [6.07, 6.45) is 2.11. The minimum absolute atomic E-state index is 0.196. The predicted molar refractivity (Wildman–Crippen MR) is 110 cm³/mol. The van der Waals surface area contributed by atoms with Crippen LogP contribution in [0.5, 0.6) is 5.75 Å². The number of nitrogens with zero attached hydrogens (tertiary/aromatic N) is 3. The number of nitrogens with one attached hydrogen (secondary N) is 2. The average molecular weight is 405 g/mol. The maximum absolute atomic E-state index is 12.8. The van der Waals surface area contributed by atoms with Gasteiger partial charge in [-0.3, -0.25) is 14.6 Å². The van der Waals surface area contributed by atoms with Crippen LogP contribution in [-0.4, -0.2) is 32.8 Å². The number of aromatic nitrogens is 4. The van der Waals surface area contributed by atoms with Gasteiger partial charge >= 0.3 is 0 Å². The molecule has 0 unspecified atom stereocenters. The predicted octanol–water partition coefficient (Wildman–Crippen LogP) is 3.04. The number of amides is 1. The van der Waals surface area contributed by atoms with Crippen LogP contribution in [-0.2, 0) is 6.42 Å². The highest BCUT2D eigenvalue weighted by molar-refractivity contribution is 6.04. The lowest BCUT2D eigenvalue weighted by molar-refractivity contribution is 0.102. The Bertz CT molecular complexity index is 1220. The van der Waals surface area contributed by atoms with Gasteiger partial charge in [-0.25, -0.2) is 4.98 Å². The molecular weight excluding hydrogens is 386 g/mol. The molecule has 3 aromatic heterocycles. The fraction of sp³-hybridized carbons (Fsp3) is 0.143. The summed E-state index contributed by atoms with van der Waals surface area (Å²) in [6.45, 7) is 1.90. The van der Waals surface area contributed by atoms with Gasteiger partial charge in [0.1, 0.15) is 17.3 Å². The number of aryl methyl sites for hydroxylation is 1. The molecule has 0 aliphatic carbocycles. The zero-order chi connectivity index (χ0) is 21.1. The van der Waals surface area contributed by atoms with Crippen molar-refractivity contribution in [3.8, 4) is 23.2 Å². The number of H-pyrrole nitrogens is 1. The van der Waals surface area contributed by atoms with E-state index in [0.29, 0.717) is 40.7 Å². The molecule has 0 bridgehead atoms. The molecule has 0 saturated heterocycles. The van der Waals surface area contributed by atoms with Gasteiger partial charge in [0.2, 0.25) is 5.95 Å². The van der Waals surface area contributed by atoms with Gasteiger partial charge in [0.25, 0.3) is 11.5 Å². The fourth-order valence-corrected chi connectivity index (χ4v) is 2.88. The molecule has 0 aliphatic heterocycles. The highest BCUT2D eigenvalue weighted by Gasteiger charge is 2.18. The van der Waals surface area contributed by atoms with E-state index in [-0.39, 0.29) is 17.4 Å². The van der Waals surface area contributed by atoms with Crippen molar-refractivity contribution in [2.45, 2.75) is 13.3 Å². The number of hydrogen-bond acceptors (Lipinski definition) is 6. The maximum atomic E-state index is 12.8. The second-order valence-electron chi connectivity index (χ2n) is 6.40. The van der Waals surface area contributed by atoms with E-state index in [1.165, 1.54) is 17.0 Å². The Morgan fingerprint density at radius 3 is 2.70 bits per heavy atom. The van der Waals surface area contributed by atoms with Crippen molar-refractivity contribution in [1.29, 1.82) is 0 Å². The normalized spacial score (nSPS) is 10.7. The molecule has 1 aromatic carbocycles. The number of anilines is 1. The summed E-state index contributed by atoms with van der Waals surface area (Å²) < 4.78 is 11.9. The number of benzene rings is 1. The lowest BCUT2D eigenvalue weighted by Crippen LogP contribution is -2.19. The summed E-state index contributed by atoms with van der Waals surface area (Å²) in [5.74, 6) is 1.34. The van der Waals surface area contributed by atoms with Crippen molar-refractivity contribution in [3.63, 3.8) is 0 Å². The summed E-state index contributed by atoms with van der Waals surface area (Å²) in [5.41, 5.74) is 1.22. The Kier molecular flexibility index (Phi) is 5.17. The van der Waals surface area contributed by atoms with E-state index in [1.807, 2.05) is 6.92 Å². The van der Waals surface area contributed by atoms with Crippen molar-refractivity contribution in [2.24, 2.45) is 0 Å². The van der Waals surface area contributed by atoms with Gasteiger partial charge < -0.3 is 14.5 Å². The Balaban J connectivity index is 1.75. The fourth-order valence-electron chi connectivity index (χ4n) is 2.88. The van der Waals surface area contributed by atoms with Gasteiger partial charge in [0, 0.05) is 23.4 Å². The first-order valence-corrected chi connectivity index (χ1v) is 9.27. The molecule has 1 amide bonds. The van der Waals surface area contributed by atoms with Gasteiger partial charge in [0.05, 0.1) is 13.4 Å². The quantitative estimate of drug-likeness (QED) is 0.509. The minimum atomic E-state index is -0.348. The van der Waals surface area contributed by atoms with Crippen molar-refractivity contribution >= 4 is 11.7 Å². The second kappa shape index (κ2) is 8.08. The van der Waals surface area contributed by atoms with E-state index in [0.717, 1.165) is 0 Å². The highest BCUT2D eigenvalue weighted by atomic mass is 16.5. The number of aromatic amines is 1. The smallest absolute Gasteiger partial charge is 0.256 e. The molecule has 2 N–H and O–H groups in total. The topological polar surface area (TPSA) is 115 Å². The summed E-state index contributed by atoms with van der Waals surface area (Å²) in [5, 5.41) is 7.29. The lowest BCUT2D eigenvalue weighted by Gasteiger charge is -2.09. The Morgan fingerprint density at radius 1 is 1.23 bits per heavy atom. The molecule has 4 rings (SSSR count). The van der Waals surface area contributed by atoms with Crippen molar-refractivity contribution < 1.29 is 13.9 Å². The van der Waals surface area contributed by atoms with Crippen molar-refractivity contribution in [1.82, 2.24) is 19.7 Å². The van der Waals surface area contributed by atoms with Gasteiger partial charge in [-0.1, -0.05) is 6.92 Å². The average Bonchev–Trinajstić information content (AvgIpc) is 3.43. The molecule has 4 aromatic rings. The number of methoxy groups -OCH3 is 1. The molecule has 152 valence electrons. The Labute approximate surface area is 171 Å². The highest BCUT2D eigenvalue weighted by Crippen LogP contribution is 2.24. The summed E-state index contributed by atoms with van der Waals surface area (Å²) >= 11 is 0. The van der Waals surface area contributed by atoms with Crippen molar-refractivity contribution in [3.05, 3.63) is 76.4 Å². The third-order valence-electron chi connectivity index (χ3n) is 4.42. The summed E-state index contributed by atoms with van der Waals surface area (Å²) in [4.78, 5) is 31.9. The van der Waals surface area contributed by atoms with Crippen LogP contribution in [0.2, 0.25) is 0 Å². The Morgan fingerprint density at radius 2 is 2.03 bits per heavy atom. The van der Waals surface area contributed by atoms with Crippen LogP contribution in [0.4, 0.5) is 5.82 Å². The molecule has 9 heteroatoms. The Hall–Kier alpha value is -4.14. The third-order valence-corrected chi connectivity index (χ3v) is 4.42. The molecule has 0 spiro atoms. The third kappa shape index (κ3) is 3.86. The number of carbonyl (C=O) groups is 1. The van der Waals surface area contributed by atoms with Gasteiger partial charge in [-0.15, -0.1) is 0 Å². The lowest BCUT2D eigenvalue weighted by atomic mass is 10.2. The van der Waals surface area contributed by atoms with E-state index in [9.17, 15) is 9.59 Å². The molecule has 0 fully saturated rings. The molecule has 9 nitrogen and oxygen atoms in total. The first kappa shape index (κ1) is 19.2. The van der Waals surface area contributed by atoms with E-state index >= 15 is 0 Å². The molecule has 0 aliphatic rings. The maximum Gasteiger partial charge on any atom is 0.256 e. The standard InChI is InChI=1S/C21H19N5O4/c1-3-14-11-19(27)24-21(22-14)26-18(12-16(25-26)17-5-4-10-30-17)23-20(28)13-6-8-15(29-2)9-7-13/h4-12H,3H2,1-2H3,(H,23,28)(H,22,24,27). The van der Waals surface area contributed by atoms with Gasteiger partial charge in [-0.05, 0) is 42.8 Å². The van der Waals surface area contributed by atoms with E-state index in [1.54, 1.807) is 49.6 Å². The summed E-state index contributed by atoms with van der Waals surface area (Å²) in [6, 6.07) is 13.3. The number of furan rings is 1. The number of hydrogen-bond donors (Lipinski definition) is 2. The van der Waals surface area contributed by atoms with E-state index in [2.05, 4.69) is 20.4 Å². The first-order chi connectivity index (χ1) is 14.6. The zero-order valence-electron chi connectivity index (χ0n) is 16.4. The van der Waals surface area contributed by atoms with Crippen LogP contribution < -0.4 is 15.6 Å². The second-order valence-corrected chi connectivity index (χ2v) is 6.40. The van der Waals surface area contributed by atoms with Crippen LogP contribution in [0.15, 0.2) is 64.0 Å². The summed E-state index contributed by atoms with van der Waals surface area (Å²) in [7, 11) is 1.56. The van der Waals surface area contributed by atoms with E-state index in [4.69, 9.17) is 9.15 Å². The molecule has 0 radical (unpaired) electrons.